The van der Waals surface area contributed by atoms with Crippen molar-refractivity contribution in [1.29, 1.82) is 0 Å². The number of hydrogen-bond acceptors (Lipinski definition) is 3. The molecule has 0 aromatic carbocycles. The predicted molar refractivity (Wildman–Crippen MR) is 158 cm³/mol. The minimum Gasteiger partial charge on any atom is -0.458 e. The summed E-state index contributed by atoms with van der Waals surface area (Å²) in [6.07, 6.45) is 15.8. The van der Waals surface area contributed by atoms with Crippen molar-refractivity contribution < 1.29 is 14.6 Å². The van der Waals surface area contributed by atoms with Crippen molar-refractivity contribution in [3.05, 3.63) is 34.9 Å². The van der Waals surface area contributed by atoms with Crippen LogP contribution in [0.1, 0.15) is 126 Å². The zero-order chi connectivity index (χ0) is 28.1. The highest BCUT2D eigenvalue weighted by Crippen LogP contribution is 2.72. The number of aliphatic hydroxyl groups excluding tert-OH is 1. The highest BCUT2D eigenvalue weighted by molar-refractivity contribution is 5.88. The number of carbonyl (C=O) groups is 1. The maximum Gasteiger partial charge on any atom is 0.336 e. The van der Waals surface area contributed by atoms with Gasteiger partial charge in [-0.3, -0.25) is 0 Å². The molecule has 0 aromatic heterocycles. The number of esters is 1. The van der Waals surface area contributed by atoms with Crippen molar-refractivity contribution in [2.45, 2.75) is 132 Å². The minimum atomic E-state index is -0.433. The number of fused-ring (bicyclic) bond motifs is 4. The Bertz CT molecular complexity index is 997. The number of allylic oxidation sites excluding steroid dienone is 4. The molecule has 7 atom stereocenters. The van der Waals surface area contributed by atoms with E-state index in [4.69, 9.17) is 4.74 Å². The molecule has 0 spiro atoms. The lowest BCUT2D eigenvalue weighted by Gasteiger charge is -2.62. The van der Waals surface area contributed by atoms with Gasteiger partial charge in [-0.15, -0.1) is 0 Å². The van der Waals surface area contributed by atoms with Crippen LogP contribution in [-0.2, 0) is 9.53 Å². The third-order valence-electron chi connectivity index (χ3n) is 12.7. The summed E-state index contributed by atoms with van der Waals surface area (Å²) in [7, 11) is 0. The molecule has 1 unspecified atom stereocenters. The van der Waals surface area contributed by atoms with Crippen molar-refractivity contribution in [2.75, 3.05) is 6.61 Å². The number of ether oxygens (including phenoxy) is 1. The van der Waals surface area contributed by atoms with Crippen LogP contribution >= 0.6 is 0 Å². The van der Waals surface area contributed by atoms with Gasteiger partial charge in [0.2, 0.25) is 0 Å². The zero-order valence-corrected chi connectivity index (χ0v) is 25.8. The van der Waals surface area contributed by atoms with Crippen LogP contribution in [0, 0.1) is 39.4 Å². The van der Waals surface area contributed by atoms with E-state index in [1.165, 1.54) is 63.4 Å². The van der Waals surface area contributed by atoms with E-state index in [1.807, 2.05) is 5.57 Å². The molecule has 4 aliphatic carbocycles. The van der Waals surface area contributed by atoms with E-state index < -0.39 is 5.97 Å². The lowest BCUT2D eigenvalue weighted by atomic mass is 9.43. The van der Waals surface area contributed by atoms with Crippen molar-refractivity contribution in [1.82, 2.24) is 0 Å². The first kappa shape index (κ1) is 29.6. The Hall–Kier alpha value is -1.35. The highest BCUT2D eigenvalue weighted by atomic mass is 16.5. The van der Waals surface area contributed by atoms with Crippen LogP contribution in [0.3, 0.4) is 0 Å². The Morgan fingerprint density at radius 3 is 2.39 bits per heavy atom. The van der Waals surface area contributed by atoms with Crippen LogP contribution in [-0.4, -0.2) is 23.8 Å². The lowest BCUT2D eigenvalue weighted by molar-refractivity contribution is -0.165. The summed E-state index contributed by atoms with van der Waals surface area (Å²) in [6, 6.07) is 0. The van der Waals surface area contributed by atoms with Crippen molar-refractivity contribution in [3.8, 4) is 0 Å². The molecule has 4 aliphatic rings. The van der Waals surface area contributed by atoms with Crippen molar-refractivity contribution in [3.63, 3.8) is 0 Å². The van der Waals surface area contributed by atoms with Crippen molar-refractivity contribution >= 4 is 5.97 Å². The van der Waals surface area contributed by atoms with Crippen LogP contribution in [0.25, 0.3) is 0 Å². The topological polar surface area (TPSA) is 46.5 Å². The monoisotopic (exact) mass is 524 g/mol. The molecule has 3 nitrogen and oxygen atoms in total. The second kappa shape index (κ2) is 10.6. The molecule has 2 saturated carbocycles. The van der Waals surface area contributed by atoms with Crippen LogP contribution in [0.2, 0.25) is 0 Å². The molecular formula is C35H56O3. The van der Waals surface area contributed by atoms with Gasteiger partial charge in [-0.25, -0.2) is 4.79 Å². The van der Waals surface area contributed by atoms with Gasteiger partial charge in [0, 0.05) is 5.41 Å². The van der Waals surface area contributed by atoms with E-state index in [0.717, 1.165) is 24.7 Å². The smallest absolute Gasteiger partial charge is 0.336 e. The first-order chi connectivity index (χ1) is 17.8. The zero-order valence-electron chi connectivity index (χ0n) is 25.8. The maximum absolute atomic E-state index is 12.5. The number of rotatable bonds is 8. The van der Waals surface area contributed by atoms with E-state index in [1.54, 1.807) is 5.57 Å². The molecule has 0 amide bonds. The van der Waals surface area contributed by atoms with Crippen molar-refractivity contribution in [2.24, 2.45) is 39.4 Å². The molecule has 3 heteroatoms. The fraction of sp³-hybridized carbons (Fsp3) is 0.800. The summed E-state index contributed by atoms with van der Waals surface area (Å²) in [5.41, 5.74) is 6.01. The molecule has 0 aromatic rings. The first-order valence-corrected chi connectivity index (χ1v) is 15.6. The highest BCUT2D eigenvalue weighted by Gasteiger charge is 2.63. The number of hydrogen-bond donors (Lipinski definition) is 1. The van der Waals surface area contributed by atoms with E-state index in [9.17, 15) is 9.90 Å². The Labute approximate surface area is 233 Å². The van der Waals surface area contributed by atoms with Crippen LogP contribution < -0.4 is 0 Å². The van der Waals surface area contributed by atoms with E-state index in [0.29, 0.717) is 16.7 Å². The van der Waals surface area contributed by atoms with E-state index in [2.05, 4.69) is 68.0 Å². The molecule has 1 N–H and O–H groups in total. The third-order valence-corrected chi connectivity index (χ3v) is 12.7. The fourth-order valence-electron chi connectivity index (χ4n) is 10.2. The molecule has 38 heavy (non-hydrogen) atoms. The van der Waals surface area contributed by atoms with E-state index >= 15 is 0 Å². The molecule has 2 fully saturated rings. The maximum atomic E-state index is 12.5. The number of carbonyl (C=O) groups excluding carboxylic acids is 1. The summed E-state index contributed by atoms with van der Waals surface area (Å²) >= 11 is 0. The summed E-state index contributed by atoms with van der Waals surface area (Å²) in [6.45, 7) is 22.7. The number of aliphatic hydroxyl groups is 1. The van der Waals surface area contributed by atoms with Gasteiger partial charge >= 0.3 is 5.97 Å². The summed E-state index contributed by atoms with van der Waals surface area (Å²) in [4.78, 5) is 12.5. The quantitative estimate of drug-likeness (QED) is 0.196. The Balaban J connectivity index is 1.61. The largest absolute Gasteiger partial charge is 0.458 e. The Kier molecular flexibility index (Phi) is 8.24. The molecule has 0 saturated heterocycles. The van der Waals surface area contributed by atoms with Gasteiger partial charge in [-0.1, -0.05) is 77.3 Å². The lowest BCUT2D eigenvalue weighted by Crippen LogP contribution is -2.56. The molecule has 0 bridgehead atoms. The molecule has 0 heterocycles. The third kappa shape index (κ3) is 4.57. The summed E-state index contributed by atoms with van der Waals surface area (Å²) in [5, 5.41) is 9.37. The normalized spacial score (nSPS) is 38.5. The first-order valence-electron chi connectivity index (χ1n) is 15.6. The van der Waals surface area contributed by atoms with Gasteiger partial charge in [-0.2, -0.15) is 0 Å². The van der Waals surface area contributed by atoms with Crippen LogP contribution in [0.4, 0.5) is 0 Å². The average Bonchev–Trinajstić information content (AvgIpc) is 3.14. The van der Waals surface area contributed by atoms with E-state index in [-0.39, 0.29) is 29.1 Å². The molecule has 0 radical (unpaired) electrons. The molecule has 4 rings (SSSR count). The van der Waals surface area contributed by atoms with Gasteiger partial charge < -0.3 is 9.84 Å². The second-order valence-corrected chi connectivity index (χ2v) is 14.9. The van der Waals surface area contributed by atoms with Gasteiger partial charge in [0.05, 0.1) is 12.2 Å². The predicted octanol–water partition coefficient (Wildman–Crippen LogP) is 8.97. The van der Waals surface area contributed by atoms with Crippen LogP contribution in [0.15, 0.2) is 34.9 Å². The summed E-state index contributed by atoms with van der Waals surface area (Å²) < 4.78 is 5.98. The minimum absolute atomic E-state index is 0.102. The molecule has 0 aliphatic heterocycles. The van der Waals surface area contributed by atoms with Gasteiger partial charge in [0.15, 0.2) is 0 Å². The Morgan fingerprint density at radius 2 is 1.76 bits per heavy atom. The SMILES string of the molecule is C=C(CO)C(=O)O[C@H]1CC[C@]2(C)C3=C(CCC2C1(C)C)[C@]1(C)CC[C@H]([C@H](CC)CCC=C(C)C)[C@@]1(C)CC3. The van der Waals surface area contributed by atoms with Gasteiger partial charge in [-0.05, 0) is 112 Å². The summed E-state index contributed by atoms with van der Waals surface area (Å²) in [5.74, 6) is 1.72. The Morgan fingerprint density at radius 1 is 1.05 bits per heavy atom. The molecule has 214 valence electrons. The standard InChI is InChI=1S/C35H56O3/c1-10-25(13-11-12-23(2)3)26-16-20-35(9)28-14-15-29-32(5,6)30(38-31(37)24(4)22-36)18-19-33(29,7)27(28)17-21-34(26,35)8/h12,25-26,29-30,36H,4,10-11,13-22H2,1-3,5-9H3/t25-,26-,29?,30+,33-,34-,35+/m1/s1. The fourth-order valence-corrected chi connectivity index (χ4v) is 10.2. The van der Waals surface area contributed by atoms with Gasteiger partial charge in [0.1, 0.15) is 6.10 Å². The molecular weight excluding hydrogens is 468 g/mol. The van der Waals surface area contributed by atoms with Crippen LogP contribution in [0.5, 0.6) is 0 Å². The second-order valence-electron chi connectivity index (χ2n) is 14.9. The average molecular weight is 525 g/mol. The van der Waals surface area contributed by atoms with Gasteiger partial charge in [0.25, 0.3) is 0 Å².